The smallest absolute Gasteiger partial charge is 0.379 e. The second kappa shape index (κ2) is 4.72. The molecule has 4 rings (SSSR count). The summed E-state index contributed by atoms with van der Waals surface area (Å²) < 4.78 is 5.50. The van der Waals surface area contributed by atoms with Gasteiger partial charge in [-0.3, -0.25) is 4.79 Å². The van der Waals surface area contributed by atoms with E-state index in [1.165, 1.54) is 0 Å². The third-order valence-corrected chi connectivity index (χ3v) is 5.27. The number of benzene rings is 1. The molecule has 3 nitrogen and oxygen atoms in total. The fourth-order valence-corrected chi connectivity index (χ4v) is 3.78. The monoisotopic (exact) mass is 272 g/mol. The maximum Gasteiger partial charge on any atom is 0.379 e. The van der Waals surface area contributed by atoms with Crippen molar-refractivity contribution in [2.75, 3.05) is 0 Å². The van der Waals surface area contributed by atoms with E-state index in [0.717, 1.165) is 25.2 Å². The number of carbonyl (C=O) groups is 2. The normalized spacial score (nSPS) is 30.2. The first kappa shape index (κ1) is 13.3. The highest BCUT2D eigenvalue weighted by molar-refractivity contribution is 6.40. The minimum Gasteiger partial charge on any atom is -0.456 e. The van der Waals surface area contributed by atoms with Gasteiger partial charge < -0.3 is 4.74 Å². The van der Waals surface area contributed by atoms with Gasteiger partial charge in [0.2, 0.25) is 0 Å². The predicted octanol–water partition coefficient (Wildman–Crippen LogP) is 3.24. The van der Waals surface area contributed by atoms with Crippen molar-refractivity contribution < 1.29 is 14.3 Å². The zero-order valence-electron chi connectivity index (χ0n) is 12.0. The SMILES string of the molecule is CC1(C)[C@H]2CC[C@@H](OC(=O)C(=O)c3ccccc3)[C@H]1C2. The summed E-state index contributed by atoms with van der Waals surface area (Å²) in [4.78, 5) is 24.0. The van der Waals surface area contributed by atoms with Crippen LogP contribution in [-0.4, -0.2) is 17.9 Å². The number of carbonyl (C=O) groups excluding carboxylic acids is 2. The second-order valence-electron chi connectivity index (χ2n) is 6.58. The number of ketones is 1. The Kier molecular flexibility index (Phi) is 3.15. The van der Waals surface area contributed by atoms with Gasteiger partial charge in [-0.05, 0) is 30.6 Å². The number of fused-ring (bicyclic) bond motifs is 2. The van der Waals surface area contributed by atoms with Crippen molar-refractivity contribution in [3.8, 4) is 0 Å². The van der Waals surface area contributed by atoms with Crippen molar-refractivity contribution in [3.63, 3.8) is 0 Å². The van der Waals surface area contributed by atoms with Gasteiger partial charge >= 0.3 is 5.97 Å². The Labute approximate surface area is 119 Å². The van der Waals surface area contributed by atoms with Crippen LogP contribution in [-0.2, 0) is 9.53 Å². The van der Waals surface area contributed by atoms with Crippen LogP contribution in [0.1, 0.15) is 43.5 Å². The molecule has 0 saturated heterocycles. The molecule has 0 unspecified atom stereocenters. The molecular formula is C17H20O3. The molecule has 0 amide bonds. The van der Waals surface area contributed by atoms with Gasteiger partial charge in [0.15, 0.2) is 0 Å². The first-order chi connectivity index (χ1) is 9.50. The topological polar surface area (TPSA) is 43.4 Å². The highest BCUT2D eigenvalue weighted by Crippen LogP contribution is 2.59. The van der Waals surface area contributed by atoms with Crippen LogP contribution in [0.25, 0.3) is 0 Å². The molecule has 0 aliphatic heterocycles. The minimum absolute atomic E-state index is 0.0878. The van der Waals surface area contributed by atoms with E-state index in [4.69, 9.17) is 4.74 Å². The standard InChI is InChI=1S/C17H20O3/c1-17(2)12-8-9-14(13(17)10-12)20-16(19)15(18)11-6-4-3-5-7-11/h3-7,12-14H,8-10H2,1-2H3/t12-,13+,14+/m0/s1. The van der Waals surface area contributed by atoms with E-state index in [-0.39, 0.29) is 11.5 Å². The molecule has 0 heterocycles. The minimum atomic E-state index is -0.706. The van der Waals surface area contributed by atoms with Gasteiger partial charge in [-0.15, -0.1) is 0 Å². The van der Waals surface area contributed by atoms with Gasteiger partial charge in [0.05, 0.1) is 0 Å². The molecule has 106 valence electrons. The van der Waals surface area contributed by atoms with E-state index in [0.29, 0.717) is 11.5 Å². The summed E-state index contributed by atoms with van der Waals surface area (Å²) in [6.45, 7) is 4.48. The first-order valence-corrected chi connectivity index (χ1v) is 7.30. The molecule has 3 aliphatic carbocycles. The van der Waals surface area contributed by atoms with Gasteiger partial charge in [0.1, 0.15) is 6.10 Å². The molecule has 1 aromatic rings. The Morgan fingerprint density at radius 2 is 1.85 bits per heavy atom. The summed E-state index contributed by atoms with van der Waals surface area (Å²) in [6.07, 6.45) is 3.04. The molecule has 3 heteroatoms. The second-order valence-corrected chi connectivity index (χ2v) is 6.58. The number of hydrogen-bond acceptors (Lipinski definition) is 3. The highest BCUT2D eigenvalue weighted by Gasteiger charge is 2.55. The molecule has 0 radical (unpaired) electrons. The molecular weight excluding hydrogens is 252 g/mol. The van der Waals surface area contributed by atoms with Crippen molar-refractivity contribution in [2.45, 2.75) is 39.2 Å². The summed E-state index contributed by atoms with van der Waals surface area (Å²) in [5, 5.41) is 0. The van der Waals surface area contributed by atoms with Crippen LogP contribution in [0.2, 0.25) is 0 Å². The van der Waals surface area contributed by atoms with E-state index >= 15 is 0 Å². The molecule has 3 fully saturated rings. The summed E-state index contributed by atoms with van der Waals surface area (Å²) in [5.74, 6) is -0.0757. The molecule has 1 aromatic carbocycles. The van der Waals surface area contributed by atoms with Crippen LogP contribution < -0.4 is 0 Å². The summed E-state index contributed by atoms with van der Waals surface area (Å²) in [7, 11) is 0. The fourth-order valence-electron chi connectivity index (χ4n) is 3.78. The van der Waals surface area contributed by atoms with Gasteiger partial charge in [-0.1, -0.05) is 44.2 Å². The lowest BCUT2D eigenvalue weighted by Gasteiger charge is -2.59. The van der Waals surface area contributed by atoms with E-state index in [1.54, 1.807) is 24.3 Å². The maximum atomic E-state index is 12.0. The quantitative estimate of drug-likeness (QED) is 0.482. The van der Waals surface area contributed by atoms with Crippen molar-refractivity contribution in [3.05, 3.63) is 35.9 Å². The average molecular weight is 272 g/mol. The Balaban J connectivity index is 1.66. The summed E-state index contributed by atoms with van der Waals surface area (Å²) in [6, 6.07) is 8.61. The van der Waals surface area contributed by atoms with Crippen LogP contribution in [0.3, 0.4) is 0 Å². The zero-order valence-corrected chi connectivity index (χ0v) is 12.0. The van der Waals surface area contributed by atoms with Gasteiger partial charge in [-0.2, -0.15) is 0 Å². The Bertz CT molecular complexity index is 530. The average Bonchev–Trinajstić information content (AvgIpc) is 2.47. The van der Waals surface area contributed by atoms with E-state index in [2.05, 4.69) is 13.8 Å². The summed E-state index contributed by atoms with van der Waals surface area (Å²) >= 11 is 0. The van der Waals surface area contributed by atoms with Crippen molar-refractivity contribution >= 4 is 11.8 Å². The molecule has 0 N–H and O–H groups in total. The van der Waals surface area contributed by atoms with Crippen LogP contribution in [0.15, 0.2) is 30.3 Å². The lowest BCUT2D eigenvalue weighted by molar-refractivity contribution is -0.177. The predicted molar refractivity (Wildman–Crippen MR) is 75.3 cm³/mol. The maximum absolute atomic E-state index is 12.0. The van der Waals surface area contributed by atoms with Gasteiger partial charge in [-0.25, -0.2) is 4.79 Å². The molecule has 20 heavy (non-hydrogen) atoms. The lowest BCUT2D eigenvalue weighted by Crippen LogP contribution is -2.56. The molecule has 3 aliphatic rings. The number of hydrogen-bond donors (Lipinski definition) is 0. The lowest BCUT2D eigenvalue weighted by atomic mass is 9.48. The molecule has 3 atom stereocenters. The summed E-state index contributed by atoms with van der Waals surface area (Å²) in [5.41, 5.74) is 0.651. The zero-order chi connectivity index (χ0) is 14.3. The Hall–Kier alpha value is -1.64. The third-order valence-electron chi connectivity index (χ3n) is 5.27. The molecule has 2 bridgehead atoms. The Morgan fingerprint density at radius 1 is 1.15 bits per heavy atom. The van der Waals surface area contributed by atoms with E-state index < -0.39 is 11.8 Å². The van der Waals surface area contributed by atoms with Gasteiger partial charge in [0, 0.05) is 11.5 Å². The molecule has 3 saturated carbocycles. The Morgan fingerprint density at radius 3 is 2.45 bits per heavy atom. The number of rotatable bonds is 3. The van der Waals surface area contributed by atoms with Crippen molar-refractivity contribution in [2.24, 2.45) is 17.3 Å². The fraction of sp³-hybridized carbons (Fsp3) is 0.529. The number of Topliss-reactive ketones (excluding diaryl/α,β-unsaturated/α-hetero) is 1. The third kappa shape index (κ3) is 2.05. The van der Waals surface area contributed by atoms with E-state index in [1.807, 2.05) is 6.07 Å². The van der Waals surface area contributed by atoms with Crippen LogP contribution >= 0.6 is 0 Å². The molecule has 0 aromatic heterocycles. The van der Waals surface area contributed by atoms with Crippen molar-refractivity contribution in [1.82, 2.24) is 0 Å². The van der Waals surface area contributed by atoms with Crippen LogP contribution in [0.5, 0.6) is 0 Å². The molecule has 0 spiro atoms. The first-order valence-electron chi connectivity index (χ1n) is 7.30. The largest absolute Gasteiger partial charge is 0.456 e. The van der Waals surface area contributed by atoms with Crippen LogP contribution in [0, 0.1) is 17.3 Å². The highest BCUT2D eigenvalue weighted by atomic mass is 16.5. The van der Waals surface area contributed by atoms with E-state index in [9.17, 15) is 9.59 Å². The van der Waals surface area contributed by atoms with Gasteiger partial charge in [0.25, 0.3) is 5.78 Å². The van der Waals surface area contributed by atoms with Crippen molar-refractivity contribution in [1.29, 1.82) is 0 Å². The number of esters is 1. The number of ether oxygens (including phenoxy) is 1. The van der Waals surface area contributed by atoms with Crippen LogP contribution in [0.4, 0.5) is 0 Å².